The van der Waals surface area contributed by atoms with Crippen LogP contribution < -0.4 is 5.32 Å². The molecule has 0 bridgehead atoms. The minimum Gasteiger partial charge on any atom is -0.504 e. The number of nitrogens with one attached hydrogen (secondary N) is 1. The Hall–Kier alpha value is -2.08. The molecule has 18 heavy (non-hydrogen) atoms. The van der Waals surface area contributed by atoms with E-state index in [-0.39, 0.29) is 5.70 Å². The first-order chi connectivity index (χ1) is 8.39. The molecule has 0 fully saturated rings. The maximum atomic E-state index is 11.5. The number of sulfone groups is 1. The fourth-order valence-corrected chi connectivity index (χ4v) is 2.48. The van der Waals surface area contributed by atoms with Gasteiger partial charge in [0.2, 0.25) is 0 Å². The Balaban J connectivity index is 2.49. The molecule has 1 aromatic rings. The Kier molecular flexibility index (Phi) is 2.96. The average Bonchev–Trinajstić information content (AvgIpc) is 2.54. The number of amides is 1. The van der Waals surface area contributed by atoms with E-state index in [1.54, 1.807) is 24.3 Å². The van der Waals surface area contributed by atoms with Crippen LogP contribution in [0.5, 0.6) is 0 Å². The number of hydrogen-bond donors (Lipinski definition) is 2. The lowest BCUT2D eigenvalue weighted by Crippen LogP contribution is -2.19. The van der Waals surface area contributed by atoms with Crippen molar-refractivity contribution in [3.05, 3.63) is 52.3 Å². The van der Waals surface area contributed by atoms with Gasteiger partial charge in [-0.25, -0.2) is 8.42 Å². The smallest absolute Gasteiger partial charge is 0.271 e. The molecule has 1 aliphatic rings. The van der Waals surface area contributed by atoms with E-state index in [0.29, 0.717) is 0 Å². The van der Waals surface area contributed by atoms with Crippen LogP contribution in [0.4, 0.5) is 0 Å². The number of carbonyl (C=O) groups is 1. The van der Waals surface area contributed by atoms with Gasteiger partial charge in [-0.05, 0) is 11.6 Å². The number of carbonyl (C=O) groups excluding carboxylic acids is 1. The van der Waals surface area contributed by atoms with Crippen LogP contribution in [0.2, 0.25) is 0 Å². The molecule has 2 rings (SSSR count). The molecule has 0 aromatic heterocycles. The summed E-state index contributed by atoms with van der Waals surface area (Å²) in [5, 5.41) is 12.1. The Morgan fingerprint density at radius 3 is 2.33 bits per heavy atom. The number of benzene rings is 1. The predicted molar refractivity (Wildman–Crippen MR) is 67.1 cm³/mol. The largest absolute Gasteiger partial charge is 0.504 e. The molecule has 1 heterocycles. The van der Waals surface area contributed by atoms with Crippen LogP contribution in [0.15, 0.2) is 46.7 Å². The summed E-state index contributed by atoms with van der Waals surface area (Å²) in [6, 6.07) is 8.95. The van der Waals surface area contributed by atoms with Crippen LogP contribution in [-0.2, 0) is 14.6 Å². The average molecular weight is 265 g/mol. The standard InChI is InChI=1S/C12H11NO4S/c1-18(16,17)11-10(14)9(13-12(11)15)7-8-5-3-2-4-6-8/h2-7,14H,1H3,(H,13,15)/b9-7+. The van der Waals surface area contributed by atoms with Crippen LogP contribution in [0.25, 0.3) is 6.08 Å². The van der Waals surface area contributed by atoms with Gasteiger partial charge in [-0.3, -0.25) is 4.79 Å². The van der Waals surface area contributed by atoms with Crippen molar-refractivity contribution in [2.45, 2.75) is 0 Å². The summed E-state index contributed by atoms with van der Waals surface area (Å²) in [5.41, 5.74) is 0.834. The first-order valence-electron chi connectivity index (χ1n) is 5.11. The molecule has 1 aliphatic heterocycles. The fourth-order valence-electron chi connectivity index (χ4n) is 1.63. The van der Waals surface area contributed by atoms with Crippen molar-refractivity contribution in [1.82, 2.24) is 5.32 Å². The van der Waals surface area contributed by atoms with Gasteiger partial charge in [0.25, 0.3) is 5.91 Å². The second-order valence-electron chi connectivity index (χ2n) is 3.87. The number of rotatable bonds is 2. The summed E-state index contributed by atoms with van der Waals surface area (Å²) >= 11 is 0. The number of aliphatic hydroxyl groups is 1. The third-order valence-corrected chi connectivity index (χ3v) is 3.53. The quantitative estimate of drug-likeness (QED) is 0.834. The van der Waals surface area contributed by atoms with E-state index < -0.39 is 26.4 Å². The van der Waals surface area contributed by atoms with Crippen molar-refractivity contribution in [3.63, 3.8) is 0 Å². The highest BCUT2D eigenvalue weighted by Gasteiger charge is 2.34. The van der Waals surface area contributed by atoms with Crippen LogP contribution in [-0.4, -0.2) is 25.7 Å². The van der Waals surface area contributed by atoms with E-state index >= 15 is 0 Å². The lowest BCUT2D eigenvalue weighted by atomic mass is 10.2. The van der Waals surface area contributed by atoms with Gasteiger partial charge in [-0.1, -0.05) is 30.3 Å². The molecule has 94 valence electrons. The van der Waals surface area contributed by atoms with Gasteiger partial charge in [-0.15, -0.1) is 0 Å². The molecule has 0 atom stereocenters. The van der Waals surface area contributed by atoms with Gasteiger partial charge < -0.3 is 10.4 Å². The van der Waals surface area contributed by atoms with Crippen molar-refractivity contribution < 1.29 is 18.3 Å². The van der Waals surface area contributed by atoms with E-state index in [1.807, 2.05) is 6.07 Å². The van der Waals surface area contributed by atoms with Gasteiger partial charge in [-0.2, -0.15) is 0 Å². The van der Waals surface area contributed by atoms with Crippen LogP contribution in [0.1, 0.15) is 5.56 Å². The zero-order valence-corrected chi connectivity index (χ0v) is 10.4. The first-order valence-corrected chi connectivity index (χ1v) is 7.00. The SMILES string of the molecule is CS(=O)(=O)C1=C(O)/C(=C\c2ccccc2)NC1=O. The summed E-state index contributed by atoms with van der Waals surface area (Å²) in [6.07, 6.45) is 2.38. The van der Waals surface area contributed by atoms with Crippen molar-refractivity contribution in [3.8, 4) is 0 Å². The zero-order valence-electron chi connectivity index (χ0n) is 9.54. The molecule has 0 saturated carbocycles. The number of aliphatic hydroxyl groups excluding tert-OH is 1. The van der Waals surface area contributed by atoms with Gasteiger partial charge in [0.15, 0.2) is 20.5 Å². The Morgan fingerprint density at radius 2 is 1.83 bits per heavy atom. The third kappa shape index (κ3) is 2.28. The lowest BCUT2D eigenvalue weighted by molar-refractivity contribution is -0.115. The van der Waals surface area contributed by atoms with Crippen molar-refractivity contribution in [1.29, 1.82) is 0 Å². The molecule has 0 spiro atoms. The van der Waals surface area contributed by atoms with Gasteiger partial charge >= 0.3 is 0 Å². The molecule has 0 saturated heterocycles. The first kappa shape index (κ1) is 12.4. The molecule has 5 nitrogen and oxygen atoms in total. The maximum Gasteiger partial charge on any atom is 0.271 e. The molecular weight excluding hydrogens is 254 g/mol. The maximum absolute atomic E-state index is 11.5. The Labute approximate surface area is 104 Å². The Bertz CT molecular complexity index is 657. The minimum absolute atomic E-state index is 0.0895. The van der Waals surface area contributed by atoms with Crippen LogP contribution in [0.3, 0.4) is 0 Å². The second kappa shape index (κ2) is 4.30. The van der Waals surface area contributed by atoms with Gasteiger partial charge in [0.1, 0.15) is 0 Å². The molecule has 1 aromatic carbocycles. The summed E-state index contributed by atoms with van der Waals surface area (Å²) in [6.45, 7) is 0. The molecule has 0 unspecified atom stereocenters. The monoisotopic (exact) mass is 265 g/mol. The highest BCUT2D eigenvalue weighted by atomic mass is 32.2. The zero-order chi connectivity index (χ0) is 13.3. The topological polar surface area (TPSA) is 83.5 Å². The van der Waals surface area contributed by atoms with E-state index in [2.05, 4.69) is 5.32 Å². The molecule has 6 heteroatoms. The van der Waals surface area contributed by atoms with E-state index in [0.717, 1.165) is 11.8 Å². The summed E-state index contributed by atoms with van der Waals surface area (Å²) < 4.78 is 22.7. The molecular formula is C12H11NO4S. The molecule has 2 N–H and O–H groups in total. The number of hydrogen-bond acceptors (Lipinski definition) is 4. The fraction of sp³-hybridized carbons (Fsp3) is 0.0833. The molecule has 1 amide bonds. The molecule has 0 radical (unpaired) electrons. The normalized spacial score (nSPS) is 18.3. The summed E-state index contributed by atoms with van der Waals surface area (Å²) in [4.78, 5) is 10.9. The highest BCUT2D eigenvalue weighted by Crippen LogP contribution is 2.23. The predicted octanol–water partition coefficient (Wildman–Crippen LogP) is 0.972. The highest BCUT2D eigenvalue weighted by molar-refractivity contribution is 7.95. The molecule has 0 aliphatic carbocycles. The summed E-state index contributed by atoms with van der Waals surface area (Å²) in [5.74, 6) is -1.34. The van der Waals surface area contributed by atoms with Crippen LogP contribution >= 0.6 is 0 Å². The van der Waals surface area contributed by atoms with Crippen molar-refractivity contribution in [2.75, 3.05) is 6.26 Å². The minimum atomic E-state index is -3.75. The van der Waals surface area contributed by atoms with E-state index in [1.165, 1.54) is 6.08 Å². The second-order valence-corrected chi connectivity index (χ2v) is 5.83. The van der Waals surface area contributed by atoms with Gasteiger partial charge in [0.05, 0.1) is 5.70 Å². The lowest BCUT2D eigenvalue weighted by Gasteiger charge is -1.98. The third-order valence-electron chi connectivity index (χ3n) is 2.41. The summed E-state index contributed by atoms with van der Waals surface area (Å²) in [7, 11) is -3.75. The van der Waals surface area contributed by atoms with Crippen LogP contribution in [0, 0.1) is 0 Å². The van der Waals surface area contributed by atoms with Crippen molar-refractivity contribution in [2.24, 2.45) is 0 Å². The van der Waals surface area contributed by atoms with E-state index in [9.17, 15) is 18.3 Å². The van der Waals surface area contributed by atoms with E-state index in [4.69, 9.17) is 0 Å². The van der Waals surface area contributed by atoms with Gasteiger partial charge in [0, 0.05) is 6.26 Å². The van der Waals surface area contributed by atoms with Crippen molar-refractivity contribution >= 4 is 21.8 Å². The Morgan fingerprint density at radius 1 is 1.22 bits per heavy atom.